The Morgan fingerprint density at radius 1 is 1.28 bits per heavy atom. The van der Waals surface area contributed by atoms with E-state index in [9.17, 15) is 13.9 Å². The zero-order valence-corrected chi connectivity index (χ0v) is 9.98. The molecule has 0 radical (unpaired) electrons. The number of halogens is 2. The van der Waals surface area contributed by atoms with Gasteiger partial charge in [-0.25, -0.2) is 8.78 Å². The zero-order chi connectivity index (χ0) is 13.1. The monoisotopic (exact) mass is 252 g/mol. The zero-order valence-electron chi connectivity index (χ0n) is 9.98. The number of aliphatic hydroxyl groups is 1. The molecule has 1 unspecified atom stereocenters. The number of hydrogen-bond acceptors (Lipinski definition) is 2. The second-order valence-corrected chi connectivity index (χ2v) is 3.99. The highest BCUT2D eigenvalue weighted by Crippen LogP contribution is 2.21. The predicted octanol–water partition coefficient (Wildman–Crippen LogP) is 2.46. The molecule has 1 aromatic heterocycles. The Balaban J connectivity index is 2.24. The molecule has 1 heterocycles. The second-order valence-electron chi connectivity index (χ2n) is 3.99. The first kappa shape index (κ1) is 12.7. The van der Waals surface area contributed by atoms with Gasteiger partial charge >= 0.3 is 0 Å². The minimum atomic E-state index is -0.973. The van der Waals surface area contributed by atoms with Crippen molar-refractivity contribution < 1.29 is 13.9 Å². The Bertz CT molecular complexity index is 519. The van der Waals surface area contributed by atoms with Crippen LogP contribution in [0.3, 0.4) is 0 Å². The average molecular weight is 252 g/mol. The van der Waals surface area contributed by atoms with Crippen LogP contribution < -0.4 is 0 Å². The van der Waals surface area contributed by atoms with Crippen molar-refractivity contribution in [1.82, 2.24) is 9.78 Å². The topological polar surface area (TPSA) is 38.0 Å². The van der Waals surface area contributed by atoms with Crippen LogP contribution >= 0.6 is 0 Å². The fraction of sp³-hybridized carbons (Fsp3) is 0.308. The van der Waals surface area contributed by atoms with Gasteiger partial charge in [-0.15, -0.1) is 0 Å². The fourth-order valence-corrected chi connectivity index (χ4v) is 1.92. The molecule has 1 aromatic carbocycles. The summed E-state index contributed by atoms with van der Waals surface area (Å²) in [5.74, 6) is -1.28. The minimum Gasteiger partial charge on any atom is -0.386 e. The minimum absolute atomic E-state index is 0.103. The van der Waals surface area contributed by atoms with Crippen molar-refractivity contribution in [3.63, 3.8) is 0 Å². The quantitative estimate of drug-likeness (QED) is 0.907. The molecular formula is C13H14F2N2O. The molecule has 96 valence electrons. The molecule has 3 nitrogen and oxygen atoms in total. The Morgan fingerprint density at radius 3 is 2.56 bits per heavy atom. The van der Waals surface area contributed by atoms with Crippen LogP contribution in [0, 0.1) is 11.6 Å². The number of hydrogen-bond donors (Lipinski definition) is 1. The van der Waals surface area contributed by atoms with Gasteiger partial charge in [0.15, 0.2) is 0 Å². The Morgan fingerprint density at radius 2 is 1.94 bits per heavy atom. The van der Waals surface area contributed by atoms with Crippen LogP contribution in [0.15, 0.2) is 30.5 Å². The molecule has 0 aliphatic carbocycles. The summed E-state index contributed by atoms with van der Waals surface area (Å²) in [6.45, 7) is 2.48. The van der Waals surface area contributed by atoms with Crippen molar-refractivity contribution in [2.75, 3.05) is 0 Å². The maximum atomic E-state index is 13.5. The van der Waals surface area contributed by atoms with Crippen LogP contribution in [0.2, 0.25) is 0 Å². The van der Waals surface area contributed by atoms with Gasteiger partial charge in [0.1, 0.15) is 11.6 Å². The van der Waals surface area contributed by atoms with Crippen LogP contribution in [-0.4, -0.2) is 14.9 Å². The summed E-state index contributed by atoms with van der Waals surface area (Å²) in [5.41, 5.74) is 0.453. The Hall–Kier alpha value is -1.75. The molecule has 0 saturated carbocycles. The molecule has 0 bridgehead atoms. The van der Waals surface area contributed by atoms with E-state index in [1.807, 2.05) is 6.92 Å². The summed E-state index contributed by atoms with van der Waals surface area (Å²) in [7, 11) is 0. The van der Waals surface area contributed by atoms with E-state index < -0.39 is 17.7 Å². The third-order valence-corrected chi connectivity index (χ3v) is 2.85. The summed E-state index contributed by atoms with van der Waals surface area (Å²) < 4.78 is 28.5. The van der Waals surface area contributed by atoms with E-state index in [0.29, 0.717) is 12.2 Å². The summed E-state index contributed by atoms with van der Waals surface area (Å²) in [4.78, 5) is 0. The van der Waals surface area contributed by atoms with E-state index >= 15 is 0 Å². The van der Waals surface area contributed by atoms with Crippen molar-refractivity contribution in [2.24, 2.45) is 0 Å². The van der Waals surface area contributed by atoms with Crippen molar-refractivity contribution in [1.29, 1.82) is 0 Å². The molecule has 18 heavy (non-hydrogen) atoms. The van der Waals surface area contributed by atoms with E-state index in [1.165, 1.54) is 18.2 Å². The molecule has 0 spiro atoms. The molecule has 5 heteroatoms. The summed E-state index contributed by atoms with van der Waals surface area (Å²) >= 11 is 0. The van der Waals surface area contributed by atoms with Gasteiger partial charge in [-0.3, -0.25) is 4.68 Å². The highest BCUT2D eigenvalue weighted by atomic mass is 19.1. The normalized spacial score (nSPS) is 12.7. The summed E-state index contributed by atoms with van der Waals surface area (Å²) in [6.07, 6.45) is 0.475. The maximum Gasteiger partial charge on any atom is 0.129 e. The number of aryl methyl sites for hydroxylation is 1. The molecule has 2 rings (SSSR count). The van der Waals surface area contributed by atoms with Gasteiger partial charge in [-0.1, -0.05) is 6.07 Å². The van der Waals surface area contributed by atoms with Crippen molar-refractivity contribution in [3.05, 3.63) is 53.4 Å². The smallest absolute Gasteiger partial charge is 0.129 e. The van der Waals surface area contributed by atoms with Gasteiger partial charge in [0.05, 0.1) is 11.8 Å². The molecule has 0 aliphatic heterocycles. The second kappa shape index (κ2) is 5.27. The van der Waals surface area contributed by atoms with Gasteiger partial charge < -0.3 is 5.11 Å². The Labute approximate surface area is 104 Å². The molecule has 1 N–H and O–H groups in total. The number of nitrogens with zero attached hydrogens (tertiary/aromatic N) is 2. The third kappa shape index (κ3) is 2.41. The highest BCUT2D eigenvalue weighted by Gasteiger charge is 2.17. The van der Waals surface area contributed by atoms with Crippen LogP contribution in [0.25, 0.3) is 0 Å². The Kier molecular flexibility index (Phi) is 3.72. The van der Waals surface area contributed by atoms with Crippen molar-refractivity contribution in [3.8, 4) is 0 Å². The van der Waals surface area contributed by atoms with Gasteiger partial charge in [-0.2, -0.15) is 5.10 Å². The number of benzene rings is 1. The van der Waals surface area contributed by atoms with Crippen LogP contribution in [-0.2, 0) is 13.0 Å². The van der Waals surface area contributed by atoms with Crippen LogP contribution in [0.4, 0.5) is 8.78 Å². The molecule has 0 amide bonds. The van der Waals surface area contributed by atoms with Crippen LogP contribution in [0.1, 0.15) is 24.3 Å². The first-order chi connectivity index (χ1) is 8.63. The van der Waals surface area contributed by atoms with E-state index in [4.69, 9.17) is 0 Å². The van der Waals surface area contributed by atoms with Gasteiger partial charge in [0, 0.05) is 24.7 Å². The standard InChI is InChI=1S/C13H14F2N2O/c1-2-17-12(6-7-16-17)13(18)8-9-10(14)4-3-5-11(9)15/h3-7,13,18H,2,8H2,1H3. The van der Waals surface area contributed by atoms with E-state index in [-0.39, 0.29) is 12.0 Å². The largest absolute Gasteiger partial charge is 0.386 e. The lowest BCUT2D eigenvalue weighted by Gasteiger charge is -2.13. The average Bonchev–Trinajstić information content (AvgIpc) is 2.82. The lowest BCUT2D eigenvalue weighted by atomic mass is 10.0. The van der Waals surface area contributed by atoms with Gasteiger partial charge in [-0.05, 0) is 25.1 Å². The molecule has 2 aromatic rings. The highest BCUT2D eigenvalue weighted by molar-refractivity contribution is 5.22. The maximum absolute atomic E-state index is 13.5. The van der Waals surface area contributed by atoms with E-state index in [0.717, 1.165) is 0 Å². The van der Waals surface area contributed by atoms with Crippen molar-refractivity contribution in [2.45, 2.75) is 26.0 Å². The van der Waals surface area contributed by atoms with Gasteiger partial charge in [0.25, 0.3) is 0 Å². The molecule has 0 saturated heterocycles. The first-order valence-corrected chi connectivity index (χ1v) is 5.76. The fourth-order valence-electron chi connectivity index (χ4n) is 1.92. The lowest BCUT2D eigenvalue weighted by Crippen LogP contribution is -2.11. The molecule has 0 aliphatic rings. The molecule has 0 fully saturated rings. The van der Waals surface area contributed by atoms with E-state index in [2.05, 4.69) is 5.10 Å². The number of aliphatic hydroxyl groups excluding tert-OH is 1. The van der Waals surface area contributed by atoms with Crippen LogP contribution in [0.5, 0.6) is 0 Å². The lowest BCUT2D eigenvalue weighted by molar-refractivity contribution is 0.164. The van der Waals surface area contributed by atoms with Gasteiger partial charge in [0.2, 0.25) is 0 Å². The predicted molar refractivity (Wildman–Crippen MR) is 62.9 cm³/mol. The molecule has 1 atom stereocenters. The number of aromatic nitrogens is 2. The third-order valence-electron chi connectivity index (χ3n) is 2.85. The SMILES string of the molecule is CCn1nccc1C(O)Cc1c(F)cccc1F. The van der Waals surface area contributed by atoms with Crippen molar-refractivity contribution >= 4 is 0 Å². The van der Waals surface area contributed by atoms with E-state index in [1.54, 1.807) is 16.9 Å². The molecular weight excluding hydrogens is 238 g/mol. The summed E-state index contributed by atoms with van der Waals surface area (Å²) in [6, 6.07) is 5.31. The summed E-state index contributed by atoms with van der Waals surface area (Å²) in [5, 5.41) is 14.0. The first-order valence-electron chi connectivity index (χ1n) is 5.76. The number of rotatable bonds is 4.